The summed E-state index contributed by atoms with van der Waals surface area (Å²) in [6, 6.07) is 6.96. The predicted octanol–water partition coefficient (Wildman–Crippen LogP) is 2.05. The number of ether oxygens (including phenoxy) is 1. The van der Waals surface area contributed by atoms with Crippen molar-refractivity contribution in [1.29, 1.82) is 0 Å². The highest BCUT2D eigenvalue weighted by Gasteiger charge is 2.17. The molecule has 1 unspecified atom stereocenters. The molecule has 0 N–H and O–H groups in total. The summed E-state index contributed by atoms with van der Waals surface area (Å²) in [5.74, 6) is -0.114. The molecule has 0 aromatic heterocycles. The SMILES string of the molecule is CC1CN(Cc2ccccc2F)CCO1. The van der Waals surface area contributed by atoms with E-state index < -0.39 is 0 Å². The van der Waals surface area contributed by atoms with Crippen molar-refractivity contribution in [2.24, 2.45) is 0 Å². The Morgan fingerprint density at radius 1 is 1.47 bits per heavy atom. The molecule has 1 aromatic carbocycles. The van der Waals surface area contributed by atoms with Gasteiger partial charge in [-0.25, -0.2) is 4.39 Å². The maximum atomic E-state index is 13.4. The quantitative estimate of drug-likeness (QED) is 0.739. The van der Waals surface area contributed by atoms with Crippen LogP contribution in [0.1, 0.15) is 12.5 Å². The van der Waals surface area contributed by atoms with Crippen LogP contribution in [0.3, 0.4) is 0 Å². The zero-order valence-corrected chi connectivity index (χ0v) is 8.95. The van der Waals surface area contributed by atoms with Crippen molar-refractivity contribution in [2.45, 2.75) is 19.6 Å². The third-order valence-corrected chi connectivity index (χ3v) is 2.68. The summed E-state index contributed by atoms with van der Waals surface area (Å²) in [7, 11) is 0. The standard InChI is InChI=1S/C12H16FNO/c1-10-8-14(6-7-15-10)9-11-4-2-3-5-12(11)13/h2-5,10H,6-9H2,1H3. The second-order valence-electron chi connectivity index (χ2n) is 4.01. The van der Waals surface area contributed by atoms with E-state index in [-0.39, 0.29) is 11.9 Å². The lowest BCUT2D eigenvalue weighted by molar-refractivity contribution is -0.0215. The first kappa shape index (κ1) is 10.6. The van der Waals surface area contributed by atoms with Crippen LogP contribution < -0.4 is 0 Å². The van der Waals surface area contributed by atoms with E-state index in [1.807, 2.05) is 19.1 Å². The smallest absolute Gasteiger partial charge is 0.127 e. The van der Waals surface area contributed by atoms with Crippen LogP contribution in [0.4, 0.5) is 4.39 Å². The summed E-state index contributed by atoms with van der Waals surface area (Å²) >= 11 is 0. The molecule has 2 rings (SSSR count). The summed E-state index contributed by atoms with van der Waals surface area (Å²) in [6.45, 7) is 5.25. The van der Waals surface area contributed by atoms with E-state index >= 15 is 0 Å². The largest absolute Gasteiger partial charge is 0.376 e. The molecule has 1 aliphatic heterocycles. The number of hydrogen-bond acceptors (Lipinski definition) is 2. The minimum absolute atomic E-state index is 0.114. The van der Waals surface area contributed by atoms with Gasteiger partial charge >= 0.3 is 0 Å². The minimum atomic E-state index is -0.114. The second kappa shape index (κ2) is 4.73. The molecule has 15 heavy (non-hydrogen) atoms. The molecular weight excluding hydrogens is 193 g/mol. The molecule has 1 fully saturated rings. The lowest BCUT2D eigenvalue weighted by Crippen LogP contribution is -2.40. The van der Waals surface area contributed by atoms with Gasteiger partial charge in [0.25, 0.3) is 0 Å². The van der Waals surface area contributed by atoms with Crippen molar-refractivity contribution in [1.82, 2.24) is 4.90 Å². The molecule has 0 bridgehead atoms. The molecule has 1 aliphatic rings. The number of nitrogens with zero attached hydrogens (tertiary/aromatic N) is 1. The Bertz CT molecular complexity index is 329. The van der Waals surface area contributed by atoms with Crippen LogP contribution in [-0.2, 0) is 11.3 Å². The maximum absolute atomic E-state index is 13.4. The molecule has 0 radical (unpaired) electrons. The Morgan fingerprint density at radius 3 is 3.00 bits per heavy atom. The van der Waals surface area contributed by atoms with Crippen LogP contribution in [0.5, 0.6) is 0 Å². The minimum Gasteiger partial charge on any atom is -0.376 e. The van der Waals surface area contributed by atoms with Crippen LogP contribution in [0, 0.1) is 5.82 Å². The van der Waals surface area contributed by atoms with Gasteiger partial charge in [-0.1, -0.05) is 18.2 Å². The van der Waals surface area contributed by atoms with Crippen LogP contribution in [0.25, 0.3) is 0 Å². The van der Waals surface area contributed by atoms with Crippen molar-refractivity contribution >= 4 is 0 Å². The van der Waals surface area contributed by atoms with Crippen LogP contribution in [-0.4, -0.2) is 30.7 Å². The first-order chi connectivity index (χ1) is 7.25. The summed E-state index contributed by atoms with van der Waals surface area (Å²) in [6.07, 6.45) is 0.255. The summed E-state index contributed by atoms with van der Waals surface area (Å²) in [4.78, 5) is 2.23. The highest BCUT2D eigenvalue weighted by molar-refractivity contribution is 5.17. The Labute approximate surface area is 89.7 Å². The molecule has 0 amide bonds. The van der Waals surface area contributed by atoms with Gasteiger partial charge in [0, 0.05) is 25.2 Å². The Balaban J connectivity index is 1.99. The van der Waals surface area contributed by atoms with Gasteiger partial charge in [0.05, 0.1) is 12.7 Å². The summed E-state index contributed by atoms with van der Waals surface area (Å²) in [5.41, 5.74) is 0.770. The second-order valence-corrected chi connectivity index (χ2v) is 4.01. The number of halogens is 1. The topological polar surface area (TPSA) is 12.5 Å². The fourth-order valence-corrected chi connectivity index (χ4v) is 1.90. The van der Waals surface area contributed by atoms with Crippen LogP contribution in [0.15, 0.2) is 24.3 Å². The molecule has 2 nitrogen and oxygen atoms in total. The van der Waals surface area contributed by atoms with Crippen molar-refractivity contribution in [2.75, 3.05) is 19.7 Å². The Morgan fingerprint density at radius 2 is 2.27 bits per heavy atom. The Hall–Kier alpha value is -0.930. The average Bonchev–Trinajstić information content (AvgIpc) is 2.22. The summed E-state index contributed by atoms with van der Waals surface area (Å²) < 4.78 is 18.8. The number of rotatable bonds is 2. The fraction of sp³-hybridized carbons (Fsp3) is 0.500. The van der Waals surface area contributed by atoms with Gasteiger partial charge in [0.15, 0.2) is 0 Å². The lowest BCUT2D eigenvalue weighted by Gasteiger charge is -2.31. The first-order valence-electron chi connectivity index (χ1n) is 5.33. The normalized spacial score (nSPS) is 22.9. The van der Waals surface area contributed by atoms with Crippen molar-refractivity contribution < 1.29 is 9.13 Å². The van der Waals surface area contributed by atoms with Gasteiger partial charge in [-0.3, -0.25) is 4.90 Å². The zero-order chi connectivity index (χ0) is 10.7. The van der Waals surface area contributed by atoms with Gasteiger partial charge in [-0.05, 0) is 13.0 Å². The number of hydrogen-bond donors (Lipinski definition) is 0. The Kier molecular flexibility index (Phi) is 3.34. The molecule has 1 saturated heterocycles. The summed E-state index contributed by atoms with van der Waals surface area (Å²) in [5, 5.41) is 0. The van der Waals surface area contributed by atoms with E-state index in [1.54, 1.807) is 6.07 Å². The maximum Gasteiger partial charge on any atom is 0.127 e. The molecule has 0 spiro atoms. The molecule has 82 valence electrons. The van der Waals surface area contributed by atoms with Crippen molar-refractivity contribution in [3.8, 4) is 0 Å². The van der Waals surface area contributed by atoms with E-state index in [1.165, 1.54) is 6.07 Å². The number of morpholine rings is 1. The fourth-order valence-electron chi connectivity index (χ4n) is 1.90. The van der Waals surface area contributed by atoms with Gasteiger partial charge in [0.2, 0.25) is 0 Å². The van der Waals surface area contributed by atoms with E-state index in [4.69, 9.17) is 4.74 Å². The highest BCUT2D eigenvalue weighted by atomic mass is 19.1. The van der Waals surface area contributed by atoms with Gasteiger partial charge < -0.3 is 4.74 Å². The van der Waals surface area contributed by atoms with E-state index in [9.17, 15) is 4.39 Å². The molecule has 1 atom stereocenters. The van der Waals surface area contributed by atoms with Gasteiger partial charge in [0.1, 0.15) is 5.82 Å². The van der Waals surface area contributed by atoms with Crippen molar-refractivity contribution in [3.63, 3.8) is 0 Å². The van der Waals surface area contributed by atoms with E-state index in [0.29, 0.717) is 6.54 Å². The zero-order valence-electron chi connectivity index (χ0n) is 8.95. The average molecular weight is 209 g/mol. The predicted molar refractivity (Wildman–Crippen MR) is 57.1 cm³/mol. The molecule has 3 heteroatoms. The number of benzene rings is 1. The van der Waals surface area contributed by atoms with Crippen LogP contribution in [0.2, 0.25) is 0 Å². The molecule has 1 aromatic rings. The van der Waals surface area contributed by atoms with Gasteiger partial charge in [-0.2, -0.15) is 0 Å². The van der Waals surface area contributed by atoms with E-state index in [2.05, 4.69) is 4.90 Å². The van der Waals surface area contributed by atoms with E-state index in [0.717, 1.165) is 25.3 Å². The third-order valence-electron chi connectivity index (χ3n) is 2.68. The molecule has 0 aliphatic carbocycles. The molecule has 1 heterocycles. The molecule has 0 saturated carbocycles. The van der Waals surface area contributed by atoms with Gasteiger partial charge in [-0.15, -0.1) is 0 Å². The lowest BCUT2D eigenvalue weighted by atomic mass is 10.2. The third kappa shape index (κ3) is 2.76. The first-order valence-corrected chi connectivity index (χ1v) is 5.33. The monoisotopic (exact) mass is 209 g/mol. The highest BCUT2D eigenvalue weighted by Crippen LogP contribution is 2.12. The molecular formula is C12H16FNO. The van der Waals surface area contributed by atoms with Crippen LogP contribution >= 0.6 is 0 Å². The van der Waals surface area contributed by atoms with Crippen molar-refractivity contribution in [3.05, 3.63) is 35.6 Å².